The van der Waals surface area contributed by atoms with Crippen LogP contribution >= 0.6 is 11.6 Å². The van der Waals surface area contributed by atoms with Gasteiger partial charge in [0.1, 0.15) is 17.4 Å². The molecule has 1 aliphatic rings. The van der Waals surface area contributed by atoms with Crippen LogP contribution in [-0.4, -0.2) is 38.8 Å². The molecule has 0 unspecified atom stereocenters. The number of nitrogens with zero attached hydrogens (tertiary/aromatic N) is 2. The van der Waals surface area contributed by atoms with Crippen molar-refractivity contribution in [2.45, 2.75) is 6.92 Å². The van der Waals surface area contributed by atoms with Crippen LogP contribution in [0, 0.1) is 11.3 Å². The first-order valence-electron chi connectivity index (χ1n) is 9.39. The lowest BCUT2D eigenvalue weighted by molar-refractivity contribution is -0.112. The summed E-state index contributed by atoms with van der Waals surface area (Å²) >= 11 is 6.14. The number of morpholine rings is 1. The van der Waals surface area contributed by atoms with E-state index in [9.17, 15) is 10.1 Å². The van der Waals surface area contributed by atoms with Crippen molar-refractivity contribution in [1.82, 2.24) is 0 Å². The number of ether oxygens (including phenoxy) is 2. The number of carbonyl (C=O) groups excluding carboxylic acids is 1. The molecule has 1 amide bonds. The number of nitriles is 1. The van der Waals surface area contributed by atoms with Crippen LogP contribution in [-0.2, 0) is 9.53 Å². The Morgan fingerprint density at radius 2 is 2.10 bits per heavy atom. The molecular formula is C22H22ClN3O3. The molecule has 1 N–H and O–H groups in total. The second-order valence-corrected chi connectivity index (χ2v) is 6.83. The minimum atomic E-state index is -0.494. The summed E-state index contributed by atoms with van der Waals surface area (Å²) in [5, 5.41) is 12.9. The van der Waals surface area contributed by atoms with Crippen LogP contribution in [0.25, 0.3) is 6.08 Å². The van der Waals surface area contributed by atoms with Gasteiger partial charge >= 0.3 is 0 Å². The molecular weight excluding hydrogens is 390 g/mol. The third-order valence-corrected chi connectivity index (χ3v) is 4.64. The molecule has 7 heteroatoms. The summed E-state index contributed by atoms with van der Waals surface area (Å²) in [7, 11) is 0. The number of amides is 1. The maximum Gasteiger partial charge on any atom is 0.266 e. The summed E-state index contributed by atoms with van der Waals surface area (Å²) in [5.41, 5.74) is 2.11. The maximum atomic E-state index is 12.8. The fourth-order valence-corrected chi connectivity index (χ4v) is 3.23. The number of hydrogen-bond donors (Lipinski definition) is 1. The number of halogens is 1. The monoisotopic (exact) mass is 411 g/mol. The molecule has 0 aliphatic carbocycles. The Morgan fingerprint density at radius 3 is 2.83 bits per heavy atom. The smallest absolute Gasteiger partial charge is 0.266 e. The highest BCUT2D eigenvalue weighted by Crippen LogP contribution is 2.30. The van der Waals surface area contributed by atoms with Crippen molar-refractivity contribution in [2.24, 2.45) is 0 Å². The quantitative estimate of drug-likeness (QED) is 0.571. The van der Waals surface area contributed by atoms with Crippen LogP contribution in [0.5, 0.6) is 5.75 Å². The van der Waals surface area contributed by atoms with Crippen LogP contribution < -0.4 is 15.0 Å². The fraction of sp³-hybridized carbons (Fsp3) is 0.273. The highest BCUT2D eigenvalue weighted by atomic mass is 35.5. The van der Waals surface area contributed by atoms with Gasteiger partial charge in [-0.05, 0) is 48.9 Å². The van der Waals surface area contributed by atoms with Gasteiger partial charge in [-0.1, -0.05) is 23.7 Å². The van der Waals surface area contributed by atoms with Gasteiger partial charge in [-0.3, -0.25) is 4.79 Å². The van der Waals surface area contributed by atoms with E-state index in [0.717, 1.165) is 18.8 Å². The van der Waals surface area contributed by atoms with E-state index in [4.69, 9.17) is 21.1 Å². The van der Waals surface area contributed by atoms with Gasteiger partial charge in [0, 0.05) is 18.1 Å². The van der Waals surface area contributed by atoms with Crippen molar-refractivity contribution in [3.05, 3.63) is 58.6 Å². The van der Waals surface area contributed by atoms with E-state index in [0.29, 0.717) is 41.8 Å². The third-order valence-electron chi connectivity index (χ3n) is 4.40. The molecule has 29 heavy (non-hydrogen) atoms. The zero-order valence-corrected chi connectivity index (χ0v) is 16.9. The third kappa shape index (κ3) is 5.50. The zero-order chi connectivity index (χ0) is 20.6. The van der Waals surface area contributed by atoms with E-state index in [1.807, 2.05) is 37.3 Å². The predicted octanol–water partition coefficient (Wildman–Crippen LogP) is 4.12. The first-order chi connectivity index (χ1) is 14.1. The van der Waals surface area contributed by atoms with Gasteiger partial charge in [0.25, 0.3) is 5.91 Å². The number of anilines is 2. The fourth-order valence-electron chi connectivity index (χ4n) is 3.05. The molecule has 150 valence electrons. The van der Waals surface area contributed by atoms with Gasteiger partial charge in [-0.15, -0.1) is 0 Å². The van der Waals surface area contributed by atoms with Crippen molar-refractivity contribution < 1.29 is 14.3 Å². The normalized spacial score (nSPS) is 14.2. The van der Waals surface area contributed by atoms with Gasteiger partial charge < -0.3 is 19.7 Å². The summed E-state index contributed by atoms with van der Waals surface area (Å²) in [6.07, 6.45) is 1.54. The van der Waals surface area contributed by atoms with Gasteiger partial charge in [0.05, 0.1) is 31.2 Å². The van der Waals surface area contributed by atoms with Gasteiger partial charge in [0.15, 0.2) is 0 Å². The number of rotatable bonds is 6. The molecule has 0 radical (unpaired) electrons. The standard InChI is InChI=1S/C22H22ClN3O3/c1-2-29-19-5-3-4-16(13-19)12-17(15-24)22(27)25-20-14-18(23)6-7-21(20)26-8-10-28-11-9-26/h3-7,12-14H,2,8-11H2,1H3,(H,25,27)/b17-12+. The molecule has 2 aromatic carbocycles. The highest BCUT2D eigenvalue weighted by Gasteiger charge is 2.18. The number of nitrogens with one attached hydrogen (secondary N) is 1. The first kappa shape index (κ1) is 20.7. The van der Waals surface area contributed by atoms with Crippen molar-refractivity contribution in [3.8, 4) is 11.8 Å². The summed E-state index contributed by atoms with van der Waals surface area (Å²) in [4.78, 5) is 14.9. The molecule has 1 aliphatic heterocycles. The Hall–Kier alpha value is -3.01. The number of benzene rings is 2. The SMILES string of the molecule is CCOc1cccc(/C=C(\C#N)C(=O)Nc2cc(Cl)ccc2N2CCOCC2)c1. The lowest BCUT2D eigenvalue weighted by Crippen LogP contribution is -2.36. The lowest BCUT2D eigenvalue weighted by atomic mass is 10.1. The van der Waals surface area contributed by atoms with E-state index >= 15 is 0 Å². The predicted molar refractivity (Wildman–Crippen MR) is 114 cm³/mol. The minimum Gasteiger partial charge on any atom is -0.494 e. The van der Waals surface area contributed by atoms with Crippen LogP contribution in [0.1, 0.15) is 12.5 Å². The number of carbonyl (C=O) groups is 1. The highest BCUT2D eigenvalue weighted by molar-refractivity contribution is 6.31. The molecule has 0 aromatic heterocycles. The van der Waals surface area contributed by atoms with Gasteiger partial charge in [0.2, 0.25) is 0 Å². The molecule has 2 aromatic rings. The second kappa shape index (κ2) is 9.97. The molecule has 1 heterocycles. The maximum absolute atomic E-state index is 12.8. The van der Waals surface area contributed by atoms with Crippen molar-refractivity contribution >= 4 is 35.0 Å². The average molecular weight is 412 g/mol. The topological polar surface area (TPSA) is 74.6 Å². The van der Waals surface area contributed by atoms with Crippen LogP contribution in [0.15, 0.2) is 48.0 Å². The Labute approximate surface area is 175 Å². The van der Waals surface area contributed by atoms with Crippen LogP contribution in [0.2, 0.25) is 5.02 Å². The Kier molecular flexibility index (Phi) is 7.12. The molecule has 0 saturated carbocycles. The van der Waals surface area contributed by atoms with Crippen molar-refractivity contribution in [1.29, 1.82) is 5.26 Å². The first-order valence-corrected chi connectivity index (χ1v) is 9.76. The number of hydrogen-bond acceptors (Lipinski definition) is 5. The van der Waals surface area contributed by atoms with Crippen LogP contribution in [0.3, 0.4) is 0 Å². The Bertz CT molecular complexity index is 947. The largest absolute Gasteiger partial charge is 0.494 e. The van der Waals surface area contributed by atoms with E-state index in [-0.39, 0.29) is 5.57 Å². The van der Waals surface area contributed by atoms with E-state index in [1.54, 1.807) is 18.2 Å². The Balaban J connectivity index is 1.84. The van der Waals surface area contributed by atoms with E-state index in [1.165, 1.54) is 6.08 Å². The van der Waals surface area contributed by atoms with E-state index < -0.39 is 5.91 Å². The summed E-state index contributed by atoms with van der Waals surface area (Å²) in [6.45, 7) is 5.11. The van der Waals surface area contributed by atoms with Crippen molar-refractivity contribution in [3.63, 3.8) is 0 Å². The molecule has 6 nitrogen and oxygen atoms in total. The second-order valence-electron chi connectivity index (χ2n) is 6.39. The molecule has 1 saturated heterocycles. The summed E-state index contributed by atoms with van der Waals surface area (Å²) in [6, 6.07) is 14.6. The average Bonchev–Trinajstić information content (AvgIpc) is 2.73. The van der Waals surface area contributed by atoms with E-state index in [2.05, 4.69) is 10.2 Å². The van der Waals surface area contributed by atoms with Gasteiger partial charge in [-0.2, -0.15) is 5.26 Å². The van der Waals surface area contributed by atoms with Crippen LogP contribution in [0.4, 0.5) is 11.4 Å². The lowest BCUT2D eigenvalue weighted by Gasteiger charge is -2.30. The summed E-state index contributed by atoms with van der Waals surface area (Å²) in [5.74, 6) is 0.189. The zero-order valence-electron chi connectivity index (χ0n) is 16.2. The Morgan fingerprint density at radius 1 is 1.31 bits per heavy atom. The molecule has 0 spiro atoms. The van der Waals surface area contributed by atoms with Crippen molar-refractivity contribution in [2.75, 3.05) is 43.1 Å². The summed E-state index contributed by atoms with van der Waals surface area (Å²) < 4.78 is 10.9. The molecule has 0 bridgehead atoms. The molecule has 0 atom stereocenters. The molecule has 1 fully saturated rings. The molecule has 3 rings (SSSR count). The minimum absolute atomic E-state index is 0.00782. The van der Waals surface area contributed by atoms with Gasteiger partial charge in [-0.25, -0.2) is 0 Å².